The predicted octanol–water partition coefficient (Wildman–Crippen LogP) is 3.99. The fourth-order valence-corrected chi connectivity index (χ4v) is 3.70. The lowest BCUT2D eigenvalue weighted by molar-refractivity contribution is -0.125. The summed E-state index contributed by atoms with van der Waals surface area (Å²) in [5.41, 5.74) is 1.01. The van der Waals surface area contributed by atoms with Gasteiger partial charge in [0.1, 0.15) is 0 Å². The van der Waals surface area contributed by atoms with Gasteiger partial charge < -0.3 is 10.6 Å². The van der Waals surface area contributed by atoms with Crippen LogP contribution in [0.5, 0.6) is 0 Å². The number of carbonyl (C=O) groups is 2. The van der Waals surface area contributed by atoms with Crippen molar-refractivity contribution in [2.75, 3.05) is 10.6 Å². The molecular weight excluding hydrogens is 368 g/mol. The van der Waals surface area contributed by atoms with Gasteiger partial charge in [0.25, 0.3) is 0 Å². The van der Waals surface area contributed by atoms with E-state index < -0.39 is 5.92 Å². The number of carbonyl (C=O) groups excluding carboxylic acids is 2. The first-order valence-corrected chi connectivity index (χ1v) is 9.84. The molecule has 3 aromatic rings. The van der Waals surface area contributed by atoms with Crippen molar-refractivity contribution in [2.24, 2.45) is 5.92 Å². The quantitative estimate of drug-likeness (QED) is 0.643. The van der Waals surface area contributed by atoms with Crippen LogP contribution >= 0.6 is 22.7 Å². The van der Waals surface area contributed by atoms with Gasteiger partial charge in [0.05, 0.1) is 5.92 Å². The van der Waals surface area contributed by atoms with Crippen LogP contribution in [0.25, 0.3) is 0 Å². The number of rotatable bonds is 7. The Morgan fingerprint density at radius 1 is 1.00 bits per heavy atom. The Morgan fingerprint density at radius 2 is 1.62 bits per heavy atom. The molecule has 0 spiro atoms. The molecule has 0 saturated carbocycles. The van der Waals surface area contributed by atoms with Crippen molar-refractivity contribution >= 4 is 44.8 Å². The van der Waals surface area contributed by atoms with Crippen molar-refractivity contribution in [3.05, 3.63) is 59.0 Å². The van der Waals surface area contributed by atoms with Crippen LogP contribution in [-0.2, 0) is 9.59 Å². The minimum Gasteiger partial charge on any atom is -0.302 e. The number of nitrogens with zero attached hydrogens (tertiary/aromatic N) is 2. The monoisotopic (exact) mass is 386 g/mol. The van der Waals surface area contributed by atoms with Crippen LogP contribution in [0.3, 0.4) is 0 Å². The van der Waals surface area contributed by atoms with E-state index in [4.69, 9.17) is 0 Å². The van der Waals surface area contributed by atoms with Gasteiger partial charge in [-0.1, -0.05) is 37.3 Å². The highest BCUT2D eigenvalue weighted by atomic mass is 32.1. The normalized spacial score (nSPS) is 13.0. The average molecular weight is 387 g/mol. The minimum absolute atomic E-state index is 0.0624. The third-order valence-electron chi connectivity index (χ3n) is 4.01. The molecule has 3 rings (SSSR count). The van der Waals surface area contributed by atoms with Gasteiger partial charge in [-0.15, -0.1) is 22.7 Å². The van der Waals surface area contributed by atoms with Crippen molar-refractivity contribution < 1.29 is 9.59 Å². The fraction of sp³-hybridized carbons (Fsp3) is 0.222. The maximum atomic E-state index is 12.8. The molecule has 0 aliphatic rings. The largest absolute Gasteiger partial charge is 0.302 e. The van der Waals surface area contributed by atoms with Crippen LogP contribution < -0.4 is 10.6 Å². The molecule has 2 atom stereocenters. The second-order valence-corrected chi connectivity index (χ2v) is 7.51. The third-order valence-corrected chi connectivity index (χ3v) is 5.39. The predicted molar refractivity (Wildman–Crippen MR) is 104 cm³/mol. The summed E-state index contributed by atoms with van der Waals surface area (Å²) in [6.07, 6.45) is 3.32. The van der Waals surface area contributed by atoms with Crippen LogP contribution in [0.2, 0.25) is 0 Å². The van der Waals surface area contributed by atoms with E-state index >= 15 is 0 Å². The van der Waals surface area contributed by atoms with Crippen molar-refractivity contribution in [1.82, 2.24) is 9.97 Å². The molecule has 2 N–H and O–H groups in total. The standard InChI is InChI=1S/C18H18N4O2S2/c1-12(13-5-3-2-4-6-13)14(16(24)22-18-20-8-10-26-18)11-15(23)21-17-19-7-9-25-17/h2-10,12,14H,11H2,1H3,(H,19,21,23)(H,20,22,24)/t12-,14+/m1/s1. The second kappa shape index (κ2) is 8.68. The van der Waals surface area contributed by atoms with E-state index in [0.717, 1.165) is 5.56 Å². The highest BCUT2D eigenvalue weighted by Crippen LogP contribution is 2.29. The molecule has 2 aromatic heterocycles. The Labute approximate surface area is 159 Å². The van der Waals surface area contributed by atoms with E-state index in [-0.39, 0.29) is 24.2 Å². The van der Waals surface area contributed by atoms with E-state index in [2.05, 4.69) is 20.6 Å². The molecule has 0 bridgehead atoms. The molecule has 2 amide bonds. The van der Waals surface area contributed by atoms with Gasteiger partial charge >= 0.3 is 0 Å². The first-order valence-electron chi connectivity index (χ1n) is 8.08. The van der Waals surface area contributed by atoms with Gasteiger partial charge in [0.2, 0.25) is 11.8 Å². The summed E-state index contributed by atoms with van der Waals surface area (Å²) in [6.45, 7) is 1.96. The van der Waals surface area contributed by atoms with Crippen LogP contribution in [0.1, 0.15) is 24.8 Å². The summed E-state index contributed by atoms with van der Waals surface area (Å²) >= 11 is 2.69. The highest BCUT2D eigenvalue weighted by molar-refractivity contribution is 7.14. The zero-order valence-electron chi connectivity index (χ0n) is 14.1. The first-order chi connectivity index (χ1) is 12.6. The average Bonchev–Trinajstić information content (AvgIpc) is 3.34. The molecule has 26 heavy (non-hydrogen) atoms. The number of hydrogen-bond acceptors (Lipinski definition) is 6. The molecule has 0 unspecified atom stereocenters. The number of hydrogen-bond donors (Lipinski definition) is 2. The zero-order valence-corrected chi connectivity index (χ0v) is 15.7. The Kier molecular flexibility index (Phi) is 6.08. The number of thiazole rings is 2. The fourth-order valence-electron chi connectivity index (χ4n) is 2.62. The molecule has 2 heterocycles. The summed E-state index contributed by atoms with van der Waals surface area (Å²) in [7, 11) is 0. The number of anilines is 2. The lowest BCUT2D eigenvalue weighted by atomic mass is 9.84. The maximum absolute atomic E-state index is 12.8. The molecule has 0 aliphatic heterocycles. The third kappa shape index (κ3) is 4.74. The number of aromatic nitrogens is 2. The molecule has 0 saturated heterocycles. The molecule has 0 radical (unpaired) electrons. The van der Waals surface area contributed by atoms with Gasteiger partial charge in [-0.3, -0.25) is 9.59 Å². The van der Waals surface area contributed by atoms with Gasteiger partial charge in [0.15, 0.2) is 10.3 Å². The molecule has 0 fully saturated rings. The van der Waals surface area contributed by atoms with Gasteiger partial charge in [0, 0.05) is 29.6 Å². The SMILES string of the molecule is C[C@H](c1ccccc1)[C@H](CC(=O)Nc1nccs1)C(=O)Nc1nccs1. The van der Waals surface area contributed by atoms with Crippen molar-refractivity contribution in [3.8, 4) is 0 Å². The van der Waals surface area contributed by atoms with Gasteiger partial charge in [-0.25, -0.2) is 9.97 Å². The van der Waals surface area contributed by atoms with E-state index in [0.29, 0.717) is 10.3 Å². The van der Waals surface area contributed by atoms with Crippen LogP contribution in [-0.4, -0.2) is 21.8 Å². The van der Waals surface area contributed by atoms with Crippen molar-refractivity contribution in [2.45, 2.75) is 19.3 Å². The summed E-state index contributed by atoms with van der Waals surface area (Å²) in [5, 5.41) is 10.2. The summed E-state index contributed by atoms with van der Waals surface area (Å²) in [5.74, 6) is -1.10. The van der Waals surface area contributed by atoms with Crippen molar-refractivity contribution in [1.29, 1.82) is 0 Å². The number of amides is 2. The molecule has 134 valence electrons. The van der Waals surface area contributed by atoms with E-state index in [1.165, 1.54) is 22.7 Å². The maximum Gasteiger partial charge on any atom is 0.230 e. The van der Waals surface area contributed by atoms with Crippen LogP contribution in [0.15, 0.2) is 53.5 Å². The van der Waals surface area contributed by atoms with E-state index in [9.17, 15) is 9.59 Å². The Bertz CT molecular complexity index is 835. The Hall–Kier alpha value is -2.58. The molecular formula is C18H18N4O2S2. The Balaban J connectivity index is 1.76. The van der Waals surface area contributed by atoms with Crippen LogP contribution in [0, 0.1) is 5.92 Å². The number of benzene rings is 1. The summed E-state index contributed by atoms with van der Waals surface area (Å²) < 4.78 is 0. The number of nitrogens with one attached hydrogen (secondary N) is 2. The molecule has 8 heteroatoms. The topological polar surface area (TPSA) is 84.0 Å². The summed E-state index contributed by atoms with van der Waals surface area (Å²) in [6, 6.07) is 9.71. The van der Waals surface area contributed by atoms with Gasteiger partial charge in [-0.2, -0.15) is 0 Å². The molecule has 6 nitrogen and oxygen atoms in total. The lowest BCUT2D eigenvalue weighted by Crippen LogP contribution is -2.31. The highest BCUT2D eigenvalue weighted by Gasteiger charge is 2.29. The Morgan fingerprint density at radius 3 is 2.19 bits per heavy atom. The molecule has 0 aliphatic carbocycles. The second-order valence-electron chi connectivity index (χ2n) is 5.72. The van der Waals surface area contributed by atoms with E-state index in [1.807, 2.05) is 37.3 Å². The molecule has 1 aromatic carbocycles. The first kappa shape index (κ1) is 18.2. The lowest BCUT2D eigenvalue weighted by Gasteiger charge is -2.22. The summed E-state index contributed by atoms with van der Waals surface area (Å²) in [4.78, 5) is 33.4. The van der Waals surface area contributed by atoms with Crippen molar-refractivity contribution in [3.63, 3.8) is 0 Å². The van der Waals surface area contributed by atoms with Crippen LogP contribution in [0.4, 0.5) is 10.3 Å². The van der Waals surface area contributed by atoms with E-state index in [1.54, 1.807) is 23.2 Å². The smallest absolute Gasteiger partial charge is 0.230 e. The van der Waals surface area contributed by atoms with Gasteiger partial charge in [-0.05, 0) is 11.5 Å². The zero-order chi connectivity index (χ0) is 18.4. The minimum atomic E-state index is -0.527.